The molecule has 1 aliphatic carbocycles. The van der Waals surface area contributed by atoms with Crippen LogP contribution in [-0.2, 0) is 0 Å². The van der Waals surface area contributed by atoms with E-state index in [1.165, 1.54) is 31.2 Å². The second-order valence-corrected chi connectivity index (χ2v) is 5.88. The first kappa shape index (κ1) is 14.4. The van der Waals surface area contributed by atoms with Gasteiger partial charge in [0.15, 0.2) is 0 Å². The molecule has 0 heterocycles. The molecule has 2 rings (SSSR count). The molecule has 0 amide bonds. The minimum Gasteiger partial charge on any atom is -0.489 e. The largest absolute Gasteiger partial charge is 0.489 e. The van der Waals surface area contributed by atoms with Crippen molar-refractivity contribution in [1.82, 2.24) is 5.32 Å². The molecular weight excluding hydrogens is 234 g/mol. The maximum absolute atomic E-state index is 6.37. The predicted molar refractivity (Wildman–Crippen MR) is 80.9 cm³/mol. The van der Waals surface area contributed by atoms with Gasteiger partial charge in [-0.15, -0.1) is 0 Å². The molecule has 2 atom stereocenters. The number of hydrogen-bond donors (Lipinski definition) is 1. The molecule has 1 saturated carbocycles. The molecule has 2 heteroatoms. The Hall–Kier alpha value is -1.02. The SMILES string of the molecule is CNC1CCCCCC1Oc1ccccc1C(C)C. The number of para-hydroxylation sites is 1. The Kier molecular flexibility index (Phi) is 5.26. The van der Waals surface area contributed by atoms with Crippen LogP contribution in [0.15, 0.2) is 24.3 Å². The maximum Gasteiger partial charge on any atom is 0.123 e. The molecule has 19 heavy (non-hydrogen) atoms. The molecule has 1 aliphatic rings. The van der Waals surface area contributed by atoms with E-state index in [1.54, 1.807) is 0 Å². The highest BCUT2D eigenvalue weighted by molar-refractivity contribution is 5.35. The third-order valence-electron chi connectivity index (χ3n) is 4.14. The van der Waals surface area contributed by atoms with Crippen molar-refractivity contribution >= 4 is 0 Å². The number of benzene rings is 1. The number of rotatable bonds is 4. The minimum absolute atomic E-state index is 0.312. The van der Waals surface area contributed by atoms with Gasteiger partial charge < -0.3 is 10.1 Å². The highest BCUT2D eigenvalue weighted by Crippen LogP contribution is 2.29. The van der Waals surface area contributed by atoms with E-state index in [0.717, 1.165) is 12.2 Å². The van der Waals surface area contributed by atoms with Crippen LogP contribution >= 0.6 is 0 Å². The van der Waals surface area contributed by atoms with Crippen LogP contribution in [0.2, 0.25) is 0 Å². The van der Waals surface area contributed by atoms with E-state index in [4.69, 9.17) is 4.74 Å². The van der Waals surface area contributed by atoms with Gasteiger partial charge in [-0.1, -0.05) is 44.9 Å². The second kappa shape index (κ2) is 6.95. The summed E-state index contributed by atoms with van der Waals surface area (Å²) in [5.74, 6) is 1.58. The molecule has 0 spiro atoms. The Bertz CT molecular complexity index is 389. The lowest BCUT2D eigenvalue weighted by Gasteiger charge is -2.27. The summed E-state index contributed by atoms with van der Waals surface area (Å²) in [5.41, 5.74) is 1.32. The van der Waals surface area contributed by atoms with E-state index in [-0.39, 0.29) is 0 Å². The summed E-state index contributed by atoms with van der Waals surface area (Å²) in [5, 5.41) is 3.44. The third-order valence-corrected chi connectivity index (χ3v) is 4.14. The van der Waals surface area contributed by atoms with E-state index in [2.05, 4.69) is 50.5 Å². The fraction of sp³-hybridized carbons (Fsp3) is 0.647. The molecule has 0 aliphatic heterocycles. The van der Waals surface area contributed by atoms with Gasteiger partial charge in [0, 0.05) is 6.04 Å². The summed E-state index contributed by atoms with van der Waals surface area (Å²) in [4.78, 5) is 0. The summed E-state index contributed by atoms with van der Waals surface area (Å²) >= 11 is 0. The Balaban J connectivity index is 2.14. The van der Waals surface area contributed by atoms with Crippen LogP contribution in [0, 0.1) is 0 Å². The van der Waals surface area contributed by atoms with Crippen LogP contribution in [0.3, 0.4) is 0 Å². The van der Waals surface area contributed by atoms with Gasteiger partial charge in [0.05, 0.1) is 0 Å². The lowest BCUT2D eigenvalue weighted by atomic mass is 10.0. The van der Waals surface area contributed by atoms with Crippen molar-refractivity contribution < 1.29 is 4.74 Å². The van der Waals surface area contributed by atoms with Gasteiger partial charge >= 0.3 is 0 Å². The summed E-state index contributed by atoms with van der Waals surface area (Å²) in [7, 11) is 2.06. The van der Waals surface area contributed by atoms with Crippen molar-refractivity contribution in [1.29, 1.82) is 0 Å². The van der Waals surface area contributed by atoms with Crippen LogP contribution in [0.1, 0.15) is 57.4 Å². The smallest absolute Gasteiger partial charge is 0.123 e. The number of likely N-dealkylation sites (N-methyl/N-ethyl adjacent to an activating group) is 1. The standard InChI is InChI=1S/C17H27NO/c1-13(2)14-9-7-8-11-16(14)19-17-12-6-4-5-10-15(17)18-3/h7-9,11,13,15,17-18H,4-6,10,12H2,1-3H3. The second-order valence-electron chi connectivity index (χ2n) is 5.88. The van der Waals surface area contributed by atoms with E-state index < -0.39 is 0 Å². The van der Waals surface area contributed by atoms with E-state index in [9.17, 15) is 0 Å². The highest BCUT2D eigenvalue weighted by Gasteiger charge is 2.24. The molecule has 2 nitrogen and oxygen atoms in total. The van der Waals surface area contributed by atoms with E-state index in [0.29, 0.717) is 18.1 Å². The van der Waals surface area contributed by atoms with Gasteiger partial charge in [0.1, 0.15) is 11.9 Å². The fourth-order valence-electron chi connectivity index (χ4n) is 2.97. The van der Waals surface area contributed by atoms with Crippen molar-refractivity contribution in [2.24, 2.45) is 0 Å². The van der Waals surface area contributed by atoms with Gasteiger partial charge in [-0.05, 0) is 43.9 Å². The fourth-order valence-corrected chi connectivity index (χ4v) is 2.97. The first-order chi connectivity index (χ1) is 9.22. The molecular formula is C17H27NO. The van der Waals surface area contributed by atoms with Gasteiger partial charge in [-0.3, -0.25) is 0 Å². The van der Waals surface area contributed by atoms with Crippen molar-refractivity contribution in [2.45, 2.75) is 64.0 Å². The predicted octanol–water partition coefficient (Wildman–Crippen LogP) is 4.11. The quantitative estimate of drug-likeness (QED) is 0.824. The zero-order chi connectivity index (χ0) is 13.7. The average molecular weight is 261 g/mol. The van der Waals surface area contributed by atoms with Gasteiger partial charge in [0.2, 0.25) is 0 Å². The first-order valence-corrected chi connectivity index (χ1v) is 7.65. The Morgan fingerprint density at radius 2 is 1.84 bits per heavy atom. The van der Waals surface area contributed by atoms with E-state index >= 15 is 0 Å². The van der Waals surface area contributed by atoms with Crippen molar-refractivity contribution in [2.75, 3.05) is 7.05 Å². The lowest BCUT2D eigenvalue weighted by Crippen LogP contribution is -2.40. The first-order valence-electron chi connectivity index (χ1n) is 7.65. The Morgan fingerprint density at radius 3 is 2.58 bits per heavy atom. The van der Waals surface area contributed by atoms with Crippen LogP contribution in [0.4, 0.5) is 0 Å². The Labute approximate surface area is 117 Å². The normalized spacial score (nSPS) is 24.2. The van der Waals surface area contributed by atoms with Crippen LogP contribution in [-0.4, -0.2) is 19.2 Å². The van der Waals surface area contributed by atoms with Gasteiger partial charge in [-0.25, -0.2) is 0 Å². The molecule has 0 bridgehead atoms. The number of nitrogens with one attached hydrogen (secondary N) is 1. The zero-order valence-corrected chi connectivity index (χ0v) is 12.5. The molecule has 1 fully saturated rings. The Morgan fingerprint density at radius 1 is 1.11 bits per heavy atom. The lowest BCUT2D eigenvalue weighted by molar-refractivity contribution is 0.147. The van der Waals surface area contributed by atoms with Crippen LogP contribution in [0.25, 0.3) is 0 Å². The molecule has 1 aromatic rings. The van der Waals surface area contributed by atoms with Gasteiger partial charge in [0.25, 0.3) is 0 Å². The summed E-state index contributed by atoms with van der Waals surface area (Å²) < 4.78 is 6.37. The minimum atomic E-state index is 0.312. The number of ether oxygens (including phenoxy) is 1. The summed E-state index contributed by atoms with van der Waals surface area (Å²) in [6.45, 7) is 4.45. The monoisotopic (exact) mass is 261 g/mol. The van der Waals surface area contributed by atoms with E-state index in [1.807, 2.05) is 0 Å². The summed E-state index contributed by atoms with van der Waals surface area (Å²) in [6, 6.07) is 8.97. The van der Waals surface area contributed by atoms with Crippen LogP contribution in [0.5, 0.6) is 5.75 Å². The van der Waals surface area contributed by atoms with Crippen LogP contribution < -0.4 is 10.1 Å². The topological polar surface area (TPSA) is 21.3 Å². The number of hydrogen-bond acceptors (Lipinski definition) is 2. The highest BCUT2D eigenvalue weighted by atomic mass is 16.5. The molecule has 0 aromatic heterocycles. The summed E-state index contributed by atoms with van der Waals surface area (Å²) in [6.07, 6.45) is 6.64. The zero-order valence-electron chi connectivity index (χ0n) is 12.5. The molecule has 0 radical (unpaired) electrons. The van der Waals surface area contributed by atoms with Gasteiger partial charge in [-0.2, -0.15) is 0 Å². The molecule has 1 N–H and O–H groups in total. The maximum atomic E-state index is 6.37. The molecule has 106 valence electrons. The molecule has 0 saturated heterocycles. The van der Waals surface area contributed by atoms with Crippen molar-refractivity contribution in [3.8, 4) is 5.75 Å². The molecule has 1 aromatic carbocycles. The molecule has 2 unspecified atom stereocenters. The average Bonchev–Trinajstić information content (AvgIpc) is 2.64. The van der Waals surface area contributed by atoms with Crippen molar-refractivity contribution in [3.63, 3.8) is 0 Å². The third kappa shape index (κ3) is 3.73. The van der Waals surface area contributed by atoms with Crippen molar-refractivity contribution in [3.05, 3.63) is 29.8 Å².